The second-order valence-electron chi connectivity index (χ2n) is 4.64. The molecule has 1 aliphatic rings. The quantitative estimate of drug-likeness (QED) is 0.880. The maximum Gasteiger partial charge on any atom is 0.228 e. The van der Waals surface area contributed by atoms with Crippen LogP contribution in [-0.2, 0) is 4.79 Å². The Bertz CT molecular complexity index is 587. The summed E-state index contributed by atoms with van der Waals surface area (Å²) < 4.78 is 4.96. The summed E-state index contributed by atoms with van der Waals surface area (Å²) >= 11 is 0. The highest BCUT2D eigenvalue weighted by molar-refractivity contribution is 5.93. The zero-order chi connectivity index (χ0) is 13.2. The summed E-state index contributed by atoms with van der Waals surface area (Å²) in [4.78, 5) is 15.7. The molecule has 19 heavy (non-hydrogen) atoms. The summed E-state index contributed by atoms with van der Waals surface area (Å²) in [5.41, 5.74) is 0.790. The molecule has 1 saturated carbocycles. The molecule has 1 aliphatic carbocycles. The van der Waals surface area contributed by atoms with Gasteiger partial charge in [0.05, 0.1) is 11.9 Å². The number of nitrogens with zero attached hydrogens (tertiary/aromatic N) is 2. The van der Waals surface area contributed by atoms with Crippen molar-refractivity contribution in [2.75, 3.05) is 10.6 Å². The number of hydrogen-bond donors (Lipinski definition) is 2. The van der Waals surface area contributed by atoms with Crippen molar-refractivity contribution in [3.8, 4) is 0 Å². The molecule has 98 valence electrons. The van der Waals surface area contributed by atoms with E-state index < -0.39 is 0 Å². The molecule has 0 bridgehead atoms. The number of carbonyl (C=O) groups is 1. The van der Waals surface area contributed by atoms with Crippen LogP contribution in [0.15, 0.2) is 28.9 Å². The molecule has 0 aliphatic heterocycles. The molecule has 0 saturated heterocycles. The first-order chi connectivity index (χ1) is 9.20. The standard InChI is InChI=1S/C13H14N4O2/c1-8-6-12(17-19-8)15-10-4-5-11(14-7-10)16-13(18)9-2-3-9/h4-7,9H,2-3H2,1H3,(H,15,17)(H,14,16,18). The van der Waals surface area contributed by atoms with E-state index in [1.807, 2.05) is 13.0 Å². The monoisotopic (exact) mass is 258 g/mol. The van der Waals surface area contributed by atoms with Gasteiger partial charge in [0.25, 0.3) is 0 Å². The van der Waals surface area contributed by atoms with E-state index in [0.29, 0.717) is 11.6 Å². The van der Waals surface area contributed by atoms with Crippen LogP contribution in [0.4, 0.5) is 17.3 Å². The Labute approximate surface area is 110 Å². The van der Waals surface area contributed by atoms with Gasteiger partial charge in [-0.25, -0.2) is 4.98 Å². The Kier molecular flexibility index (Phi) is 2.91. The van der Waals surface area contributed by atoms with E-state index in [0.717, 1.165) is 24.3 Å². The molecule has 2 aromatic heterocycles. The molecule has 6 heteroatoms. The highest BCUT2D eigenvalue weighted by Gasteiger charge is 2.29. The molecule has 6 nitrogen and oxygen atoms in total. The van der Waals surface area contributed by atoms with E-state index in [2.05, 4.69) is 20.8 Å². The largest absolute Gasteiger partial charge is 0.360 e. The van der Waals surface area contributed by atoms with Crippen molar-refractivity contribution in [3.63, 3.8) is 0 Å². The van der Waals surface area contributed by atoms with Crippen LogP contribution in [0.2, 0.25) is 0 Å². The van der Waals surface area contributed by atoms with Crippen LogP contribution >= 0.6 is 0 Å². The first-order valence-corrected chi connectivity index (χ1v) is 6.18. The third-order valence-electron chi connectivity index (χ3n) is 2.86. The van der Waals surface area contributed by atoms with Crippen LogP contribution in [-0.4, -0.2) is 16.0 Å². The van der Waals surface area contributed by atoms with Gasteiger partial charge in [0.2, 0.25) is 5.91 Å². The molecule has 0 spiro atoms. The fourth-order valence-electron chi connectivity index (χ4n) is 1.69. The van der Waals surface area contributed by atoms with E-state index in [-0.39, 0.29) is 11.8 Å². The highest BCUT2D eigenvalue weighted by Crippen LogP contribution is 2.30. The number of pyridine rings is 1. The average molecular weight is 258 g/mol. The van der Waals surface area contributed by atoms with Gasteiger partial charge in [-0.05, 0) is 31.9 Å². The van der Waals surface area contributed by atoms with E-state index in [1.54, 1.807) is 18.3 Å². The van der Waals surface area contributed by atoms with Gasteiger partial charge in [-0.1, -0.05) is 5.16 Å². The minimum atomic E-state index is 0.0559. The van der Waals surface area contributed by atoms with Gasteiger partial charge in [0.15, 0.2) is 5.82 Å². The van der Waals surface area contributed by atoms with Gasteiger partial charge >= 0.3 is 0 Å². The van der Waals surface area contributed by atoms with Crippen molar-refractivity contribution >= 4 is 23.2 Å². The second-order valence-corrected chi connectivity index (χ2v) is 4.64. The van der Waals surface area contributed by atoms with Crippen LogP contribution < -0.4 is 10.6 Å². The summed E-state index contributed by atoms with van der Waals surface area (Å²) in [7, 11) is 0. The smallest absolute Gasteiger partial charge is 0.228 e. The van der Waals surface area contributed by atoms with E-state index in [1.165, 1.54) is 0 Å². The maximum absolute atomic E-state index is 11.6. The van der Waals surface area contributed by atoms with Crippen molar-refractivity contribution in [1.29, 1.82) is 0 Å². The van der Waals surface area contributed by atoms with Crippen molar-refractivity contribution in [2.45, 2.75) is 19.8 Å². The minimum absolute atomic E-state index is 0.0559. The summed E-state index contributed by atoms with van der Waals surface area (Å²) in [5.74, 6) is 2.18. The van der Waals surface area contributed by atoms with E-state index in [9.17, 15) is 4.79 Å². The lowest BCUT2D eigenvalue weighted by Gasteiger charge is -2.05. The fraction of sp³-hybridized carbons (Fsp3) is 0.308. The molecule has 0 radical (unpaired) electrons. The Morgan fingerprint density at radius 2 is 2.21 bits per heavy atom. The van der Waals surface area contributed by atoms with Crippen LogP contribution in [0.1, 0.15) is 18.6 Å². The van der Waals surface area contributed by atoms with Crippen LogP contribution in [0.25, 0.3) is 0 Å². The van der Waals surface area contributed by atoms with Gasteiger partial charge in [0.1, 0.15) is 11.6 Å². The first kappa shape index (κ1) is 11.7. The summed E-state index contributed by atoms with van der Waals surface area (Å²) in [6, 6.07) is 5.39. The number of nitrogens with one attached hydrogen (secondary N) is 2. The Morgan fingerprint density at radius 3 is 2.79 bits per heavy atom. The van der Waals surface area contributed by atoms with E-state index in [4.69, 9.17) is 4.52 Å². The number of rotatable bonds is 4. The van der Waals surface area contributed by atoms with Gasteiger partial charge < -0.3 is 15.2 Å². The SMILES string of the molecule is Cc1cc(Nc2ccc(NC(=O)C3CC3)nc2)no1. The van der Waals surface area contributed by atoms with Gasteiger partial charge in [-0.15, -0.1) is 0 Å². The molecule has 1 amide bonds. The Morgan fingerprint density at radius 1 is 1.37 bits per heavy atom. The predicted octanol–water partition coefficient (Wildman–Crippen LogP) is 2.47. The maximum atomic E-state index is 11.6. The van der Waals surface area contributed by atoms with Crippen molar-refractivity contribution in [3.05, 3.63) is 30.2 Å². The molecule has 0 aromatic carbocycles. The van der Waals surface area contributed by atoms with Crippen LogP contribution in [0.3, 0.4) is 0 Å². The highest BCUT2D eigenvalue weighted by atomic mass is 16.5. The number of aromatic nitrogens is 2. The van der Waals surface area contributed by atoms with Crippen molar-refractivity contribution < 1.29 is 9.32 Å². The Balaban J connectivity index is 1.63. The topological polar surface area (TPSA) is 80.0 Å². The third-order valence-corrected chi connectivity index (χ3v) is 2.86. The summed E-state index contributed by atoms with van der Waals surface area (Å²) in [5, 5.41) is 9.68. The van der Waals surface area contributed by atoms with Gasteiger partial charge in [-0.2, -0.15) is 0 Å². The summed E-state index contributed by atoms with van der Waals surface area (Å²) in [6.45, 7) is 1.83. The van der Waals surface area contributed by atoms with Crippen LogP contribution in [0.5, 0.6) is 0 Å². The minimum Gasteiger partial charge on any atom is -0.360 e. The van der Waals surface area contributed by atoms with Crippen molar-refractivity contribution in [1.82, 2.24) is 10.1 Å². The lowest BCUT2D eigenvalue weighted by atomic mass is 10.3. The number of hydrogen-bond acceptors (Lipinski definition) is 5. The molecule has 3 rings (SSSR count). The first-order valence-electron chi connectivity index (χ1n) is 6.18. The predicted molar refractivity (Wildman–Crippen MR) is 70.1 cm³/mol. The van der Waals surface area contributed by atoms with E-state index >= 15 is 0 Å². The molecule has 0 atom stereocenters. The number of aryl methyl sites for hydroxylation is 1. The lowest BCUT2D eigenvalue weighted by molar-refractivity contribution is -0.117. The number of amides is 1. The number of carbonyl (C=O) groups excluding carboxylic acids is 1. The van der Waals surface area contributed by atoms with Gasteiger partial charge in [-0.3, -0.25) is 4.79 Å². The van der Waals surface area contributed by atoms with Crippen molar-refractivity contribution in [2.24, 2.45) is 5.92 Å². The molecule has 2 N–H and O–H groups in total. The molecular formula is C13H14N4O2. The zero-order valence-electron chi connectivity index (χ0n) is 10.5. The molecule has 2 heterocycles. The second kappa shape index (κ2) is 4.72. The van der Waals surface area contributed by atoms with Gasteiger partial charge in [0, 0.05) is 12.0 Å². The normalized spacial score (nSPS) is 14.2. The average Bonchev–Trinajstić information content (AvgIpc) is 3.17. The zero-order valence-corrected chi connectivity index (χ0v) is 10.5. The Hall–Kier alpha value is -2.37. The molecule has 1 fully saturated rings. The lowest BCUT2D eigenvalue weighted by Crippen LogP contribution is -2.14. The fourth-order valence-corrected chi connectivity index (χ4v) is 1.69. The molecular weight excluding hydrogens is 244 g/mol. The van der Waals surface area contributed by atoms with Crippen LogP contribution in [0, 0.1) is 12.8 Å². The molecule has 0 unspecified atom stereocenters. The summed E-state index contributed by atoms with van der Waals surface area (Å²) in [6.07, 6.45) is 3.61. The third kappa shape index (κ3) is 2.90. The number of anilines is 3. The molecule has 2 aromatic rings.